The number of benzene rings is 1. The molecule has 9 heteroatoms. The topological polar surface area (TPSA) is 119 Å². The number of nitrogens with two attached hydrogens (primary N) is 2. The van der Waals surface area contributed by atoms with Crippen LogP contribution < -0.4 is 22.1 Å². The van der Waals surface area contributed by atoms with Gasteiger partial charge in [0, 0.05) is 30.9 Å². The van der Waals surface area contributed by atoms with E-state index in [-0.39, 0.29) is 23.9 Å². The van der Waals surface area contributed by atoms with E-state index in [0.717, 1.165) is 5.56 Å². The van der Waals surface area contributed by atoms with Crippen LogP contribution >= 0.6 is 0 Å². The van der Waals surface area contributed by atoms with Crippen molar-refractivity contribution in [1.82, 2.24) is 9.97 Å². The minimum Gasteiger partial charge on any atom is -0.365 e. The lowest BCUT2D eigenvalue weighted by molar-refractivity contribution is 0.100. The average Bonchev–Trinajstić information content (AvgIpc) is 2.53. The minimum absolute atomic E-state index is 0.00802. The molecule has 0 spiro atoms. The van der Waals surface area contributed by atoms with Crippen molar-refractivity contribution in [2.75, 3.05) is 17.2 Å². The Balaban J connectivity index is 2.28. The van der Waals surface area contributed by atoms with Gasteiger partial charge in [-0.05, 0) is 24.6 Å². The highest BCUT2D eigenvalue weighted by molar-refractivity contribution is 5.98. The van der Waals surface area contributed by atoms with Crippen LogP contribution in [0.2, 0.25) is 0 Å². The summed E-state index contributed by atoms with van der Waals surface area (Å²) in [6.45, 7) is 1.91. The van der Waals surface area contributed by atoms with E-state index in [1.807, 2.05) is 25.1 Å². The van der Waals surface area contributed by atoms with Crippen molar-refractivity contribution in [2.45, 2.75) is 25.8 Å². The van der Waals surface area contributed by atoms with Crippen LogP contribution in [0.5, 0.6) is 0 Å². The van der Waals surface area contributed by atoms with Crippen molar-refractivity contribution in [3.63, 3.8) is 0 Å². The van der Waals surface area contributed by atoms with Gasteiger partial charge in [-0.1, -0.05) is 12.1 Å². The van der Waals surface area contributed by atoms with Gasteiger partial charge in [0.1, 0.15) is 11.4 Å². The van der Waals surface area contributed by atoms with Crippen LogP contribution in [0.4, 0.5) is 26.2 Å². The molecule has 25 heavy (non-hydrogen) atoms. The second-order valence-electron chi connectivity index (χ2n) is 5.52. The standard InChI is InChI=1S/C16H20F2N6O/c1-9-3-2-4-10(5-9)22-15-12(14(20)25)8-21-16(24-15)23-11(7-19)6-13(17)18/h2-5,8,11,13H,6-7,19H2,1H3,(H2,20,25)(H2,21,22,23,24). The Morgan fingerprint density at radius 3 is 2.72 bits per heavy atom. The molecule has 1 unspecified atom stereocenters. The average molecular weight is 350 g/mol. The summed E-state index contributed by atoms with van der Waals surface area (Å²) in [5, 5.41) is 5.74. The third kappa shape index (κ3) is 5.35. The second-order valence-corrected chi connectivity index (χ2v) is 5.52. The summed E-state index contributed by atoms with van der Waals surface area (Å²) in [7, 11) is 0. The van der Waals surface area contributed by atoms with E-state index in [2.05, 4.69) is 20.6 Å². The van der Waals surface area contributed by atoms with E-state index in [9.17, 15) is 13.6 Å². The maximum absolute atomic E-state index is 12.5. The number of rotatable bonds is 8. The molecular formula is C16H20F2N6O. The number of alkyl halides is 2. The Morgan fingerprint density at radius 2 is 2.12 bits per heavy atom. The van der Waals surface area contributed by atoms with Gasteiger partial charge >= 0.3 is 0 Å². The fourth-order valence-corrected chi connectivity index (χ4v) is 2.20. The molecule has 1 heterocycles. The van der Waals surface area contributed by atoms with Crippen LogP contribution in [-0.2, 0) is 0 Å². The maximum Gasteiger partial charge on any atom is 0.254 e. The van der Waals surface area contributed by atoms with E-state index >= 15 is 0 Å². The summed E-state index contributed by atoms with van der Waals surface area (Å²) in [6, 6.07) is 6.73. The number of aromatic nitrogens is 2. The highest BCUT2D eigenvalue weighted by Gasteiger charge is 2.17. The lowest BCUT2D eigenvalue weighted by Crippen LogP contribution is -2.31. The van der Waals surface area contributed by atoms with Gasteiger partial charge in [-0.3, -0.25) is 4.79 Å². The smallest absolute Gasteiger partial charge is 0.254 e. The van der Waals surface area contributed by atoms with E-state index < -0.39 is 24.8 Å². The molecular weight excluding hydrogens is 330 g/mol. The molecule has 0 radical (unpaired) electrons. The minimum atomic E-state index is -2.50. The van der Waals surface area contributed by atoms with Crippen LogP contribution in [0.25, 0.3) is 0 Å². The Morgan fingerprint density at radius 1 is 1.36 bits per heavy atom. The lowest BCUT2D eigenvalue weighted by atomic mass is 10.2. The van der Waals surface area contributed by atoms with Crippen molar-refractivity contribution in [3.8, 4) is 0 Å². The lowest BCUT2D eigenvalue weighted by Gasteiger charge is -2.17. The van der Waals surface area contributed by atoms with Crippen LogP contribution in [0.3, 0.4) is 0 Å². The summed E-state index contributed by atoms with van der Waals surface area (Å²) in [5.41, 5.74) is 12.6. The largest absolute Gasteiger partial charge is 0.365 e. The van der Waals surface area contributed by atoms with E-state index in [0.29, 0.717) is 5.69 Å². The third-order valence-corrected chi connectivity index (χ3v) is 3.42. The van der Waals surface area contributed by atoms with E-state index in [1.54, 1.807) is 6.07 Å². The molecule has 0 saturated carbocycles. The highest BCUT2D eigenvalue weighted by Crippen LogP contribution is 2.21. The number of primary amides is 1. The first-order chi connectivity index (χ1) is 11.9. The first-order valence-electron chi connectivity index (χ1n) is 7.64. The van der Waals surface area contributed by atoms with Gasteiger partial charge in [0.2, 0.25) is 12.4 Å². The number of amides is 1. The van der Waals surface area contributed by atoms with Gasteiger partial charge in [-0.15, -0.1) is 0 Å². The van der Waals surface area contributed by atoms with Crippen molar-refractivity contribution >= 4 is 23.4 Å². The van der Waals surface area contributed by atoms with Crippen molar-refractivity contribution < 1.29 is 13.6 Å². The van der Waals surface area contributed by atoms with Gasteiger partial charge in [0.25, 0.3) is 5.91 Å². The van der Waals surface area contributed by atoms with Gasteiger partial charge < -0.3 is 22.1 Å². The van der Waals surface area contributed by atoms with E-state index in [1.165, 1.54) is 6.20 Å². The zero-order valence-corrected chi connectivity index (χ0v) is 13.7. The fourth-order valence-electron chi connectivity index (χ4n) is 2.20. The molecule has 1 aromatic carbocycles. The monoisotopic (exact) mass is 350 g/mol. The molecule has 1 aromatic heterocycles. The first-order valence-corrected chi connectivity index (χ1v) is 7.64. The molecule has 0 aliphatic carbocycles. The first kappa shape index (κ1) is 18.5. The van der Waals surface area contributed by atoms with Gasteiger partial charge in [-0.2, -0.15) is 4.98 Å². The quantitative estimate of drug-likeness (QED) is 0.578. The van der Waals surface area contributed by atoms with Crippen LogP contribution in [-0.4, -0.2) is 34.9 Å². The molecule has 134 valence electrons. The number of halogens is 2. The summed E-state index contributed by atoms with van der Waals surface area (Å²) < 4.78 is 25.1. The Hall–Kier alpha value is -2.81. The molecule has 0 aliphatic heterocycles. The zero-order valence-electron chi connectivity index (χ0n) is 13.7. The molecule has 6 N–H and O–H groups in total. The van der Waals surface area contributed by atoms with Crippen molar-refractivity contribution in [2.24, 2.45) is 11.5 Å². The van der Waals surface area contributed by atoms with Gasteiger partial charge in [0.15, 0.2) is 0 Å². The number of nitrogens with zero attached hydrogens (tertiary/aromatic N) is 2. The second kappa shape index (κ2) is 8.34. The molecule has 0 aliphatic rings. The van der Waals surface area contributed by atoms with Crippen LogP contribution in [0.1, 0.15) is 22.3 Å². The molecule has 0 saturated heterocycles. The van der Waals surface area contributed by atoms with Crippen LogP contribution in [0, 0.1) is 6.92 Å². The normalized spacial score (nSPS) is 12.0. The summed E-state index contributed by atoms with van der Waals surface area (Å²) in [5.74, 6) is -0.440. The van der Waals surface area contributed by atoms with Crippen molar-refractivity contribution in [3.05, 3.63) is 41.6 Å². The van der Waals surface area contributed by atoms with Gasteiger partial charge in [-0.25, -0.2) is 13.8 Å². The number of hydrogen-bond acceptors (Lipinski definition) is 6. The van der Waals surface area contributed by atoms with Gasteiger partial charge in [0.05, 0.1) is 0 Å². The summed E-state index contributed by atoms with van der Waals surface area (Å²) in [6.07, 6.45) is -1.69. The number of hydrogen-bond donors (Lipinski definition) is 4. The molecule has 7 nitrogen and oxygen atoms in total. The summed E-state index contributed by atoms with van der Waals surface area (Å²) >= 11 is 0. The fraction of sp³-hybridized carbons (Fsp3) is 0.312. The Labute approximate surface area is 143 Å². The zero-order chi connectivity index (χ0) is 18.4. The number of nitrogens with one attached hydrogen (secondary N) is 2. The number of anilines is 3. The number of aryl methyl sites for hydroxylation is 1. The molecule has 1 atom stereocenters. The Bertz CT molecular complexity index is 740. The third-order valence-electron chi connectivity index (χ3n) is 3.42. The molecule has 0 bridgehead atoms. The van der Waals surface area contributed by atoms with Crippen molar-refractivity contribution in [1.29, 1.82) is 0 Å². The molecule has 1 amide bonds. The Kier molecular flexibility index (Phi) is 6.18. The molecule has 2 aromatic rings. The predicted octanol–water partition coefficient (Wildman–Crippen LogP) is 2.02. The van der Waals surface area contributed by atoms with E-state index in [4.69, 9.17) is 11.5 Å². The number of carbonyl (C=O) groups excluding carboxylic acids is 1. The SMILES string of the molecule is Cc1cccc(Nc2nc(NC(CN)CC(F)F)ncc2C(N)=O)c1. The predicted molar refractivity (Wildman–Crippen MR) is 92.1 cm³/mol. The number of carbonyl (C=O) groups is 1. The highest BCUT2D eigenvalue weighted by atomic mass is 19.3. The maximum atomic E-state index is 12.5. The molecule has 0 fully saturated rings. The molecule has 2 rings (SSSR count). The van der Waals surface area contributed by atoms with Crippen LogP contribution in [0.15, 0.2) is 30.5 Å². The summed E-state index contributed by atoms with van der Waals surface area (Å²) in [4.78, 5) is 19.7.